The molecular formula is C18H29N5O3. The molecule has 26 heavy (non-hydrogen) atoms. The molecular weight excluding hydrogens is 334 g/mol. The summed E-state index contributed by atoms with van der Waals surface area (Å²) in [6.07, 6.45) is 3.52. The lowest BCUT2D eigenvalue weighted by atomic mass is 9.96. The topological polar surface area (TPSA) is 79.7 Å². The van der Waals surface area contributed by atoms with E-state index in [-0.39, 0.29) is 17.9 Å². The lowest BCUT2D eigenvalue weighted by Gasteiger charge is -2.36. The Bertz CT molecular complexity index is 639. The van der Waals surface area contributed by atoms with Gasteiger partial charge in [-0.2, -0.15) is 0 Å². The van der Waals surface area contributed by atoms with Crippen molar-refractivity contribution >= 4 is 11.9 Å². The predicted octanol–water partition coefficient (Wildman–Crippen LogP) is 0.780. The van der Waals surface area contributed by atoms with Crippen LogP contribution in [0.1, 0.15) is 24.2 Å². The third kappa shape index (κ3) is 4.35. The fourth-order valence-corrected chi connectivity index (χ4v) is 3.57. The highest BCUT2D eigenvalue weighted by atomic mass is 16.5. The van der Waals surface area contributed by atoms with Gasteiger partial charge in [0.1, 0.15) is 0 Å². The number of likely N-dealkylation sites (tertiary alicyclic amines) is 1. The molecule has 144 valence electrons. The molecule has 0 spiro atoms. The number of imidazole rings is 1. The maximum atomic E-state index is 12.7. The number of amides is 3. The molecule has 0 aliphatic carbocycles. The number of hydrogen-bond acceptors (Lipinski definition) is 4. The zero-order valence-corrected chi connectivity index (χ0v) is 15.7. The molecule has 1 aromatic heterocycles. The summed E-state index contributed by atoms with van der Waals surface area (Å²) >= 11 is 0. The van der Waals surface area contributed by atoms with Gasteiger partial charge < -0.3 is 24.4 Å². The molecule has 2 saturated heterocycles. The Labute approximate surface area is 154 Å². The van der Waals surface area contributed by atoms with Crippen LogP contribution in [0.4, 0.5) is 4.79 Å². The molecule has 3 amide bonds. The summed E-state index contributed by atoms with van der Waals surface area (Å²) in [6, 6.07) is -0.0843. The van der Waals surface area contributed by atoms with Crippen molar-refractivity contribution in [1.82, 2.24) is 24.7 Å². The number of rotatable bonds is 4. The second-order valence-electron chi connectivity index (χ2n) is 7.06. The van der Waals surface area contributed by atoms with Gasteiger partial charge in [0.2, 0.25) is 5.91 Å². The van der Waals surface area contributed by atoms with E-state index in [1.165, 1.54) is 0 Å². The lowest BCUT2D eigenvalue weighted by molar-refractivity contribution is -0.141. The maximum Gasteiger partial charge on any atom is 0.317 e. The fraction of sp³-hybridized carbons (Fsp3) is 0.722. The van der Waals surface area contributed by atoms with E-state index < -0.39 is 0 Å². The van der Waals surface area contributed by atoms with Crippen LogP contribution in [0, 0.1) is 19.8 Å². The minimum Gasteiger partial charge on any atom is -0.378 e. The first-order valence-corrected chi connectivity index (χ1v) is 9.44. The predicted molar refractivity (Wildman–Crippen MR) is 96.8 cm³/mol. The highest BCUT2D eigenvalue weighted by molar-refractivity contribution is 5.81. The average Bonchev–Trinajstić information content (AvgIpc) is 3.00. The van der Waals surface area contributed by atoms with E-state index in [4.69, 9.17) is 4.74 Å². The number of aromatic nitrogens is 2. The third-order valence-electron chi connectivity index (χ3n) is 5.35. The van der Waals surface area contributed by atoms with Gasteiger partial charge in [-0.15, -0.1) is 0 Å². The van der Waals surface area contributed by atoms with Crippen molar-refractivity contribution in [3.05, 3.63) is 17.7 Å². The van der Waals surface area contributed by atoms with Gasteiger partial charge in [0.25, 0.3) is 0 Å². The summed E-state index contributed by atoms with van der Waals surface area (Å²) in [5, 5.41) is 2.97. The number of urea groups is 1. The van der Waals surface area contributed by atoms with Gasteiger partial charge in [-0.3, -0.25) is 4.79 Å². The molecule has 8 heteroatoms. The van der Waals surface area contributed by atoms with Gasteiger partial charge in [0, 0.05) is 45.0 Å². The molecule has 0 radical (unpaired) electrons. The van der Waals surface area contributed by atoms with E-state index in [0.29, 0.717) is 52.5 Å². The van der Waals surface area contributed by atoms with E-state index in [9.17, 15) is 9.59 Å². The second kappa shape index (κ2) is 8.53. The summed E-state index contributed by atoms with van der Waals surface area (Å²) in [6.45, 7) is 8.99. The maximum absolute atomic E-state index is 12.7. The van der Waals surface area contributed by atoms with Gasteiger partial charge in [-0.25, -0.2) is 9.78 Å². The Morgan fingerprint density at radius 1 is 1.23 bits per heavy atom. The summed E-state index contributed by atoms with van der Waals surface area (Å²) in [4.78, 5) is 33.0. The Kier molecular flexibility index (Phi) is 6.13. The smallest absolute Gasteiger partial charge is 0.317 e. The van der Waals surface area contributed by atoms with Gasteiger partial charge in [0.15, 0.2) is 0 Å². The number of aryl methyl sites for hydroxylation is 1. The quantitative estimate of drug-likeness (QED) is 0.857. The number of carbonyl (C=O) groups is 2. The van der Waals surface area contributed by atoms with Crippen molar-refractivity contribution in [2.24, 2.45) is 5.92 Å². The number of nitrogens with one attached hydrogen (secondary N) is 1. The van der Waals surface area contributed by atoms with E-state index in [0.717, 1.165) is 24.2 Å². The Hall–Kier alpha value is -2.09. The van der Waals surface area contributed by atoms with Crippen LogP contribution < -0.4 is 5.32 Å². The van der Waals surface area contributed by atoms with Gasteiger partial charge in [-0.05, 0) is 26.7 Å². The average molecular weight is 363 g/mol. The summed E-state index contributed by atoms with van der Waals surface area (Å²) < 4.78 is 7.35. The van der Waals surface area contributed by atoms with E-state index >= 15 is 0 Å². The number of nitrogens with zero attached hydrogens (tertiary/aromatic N) is 4. The molecule has 1 aromatic rings. The van der Waals surface area contributed by atoms with Crippen molar-refractivity contribution in [2.45, 2.75) is 33.2 Å². The first-order valence-electron chi connectivity index (χ1n) is 9.44. The van der Waals surface area contributed by atoms with Crippen molar-refractivity contribution in [3.63, 3.8) is 0 Å². The molecule has 1 atom stereocenters. The number of carbonyl (C=O) groups excluding carboxylic acids is 2. The summed E-state index contributed by atoms with van der Waals surface area (Å²) in [7, 11) is 0. The van der Waals surface area contributed by atoms with Gasteiger partial charge in [0.05, 0.1) is 31.2 Å². The van der Waals surface area contributed by atoms with E-state index in [1.807, 2.05) is 23.3 Å². The monoisotopic (exact) mass is 363 g/mol. The molecule has 8 nitrogen and oxygen atoms in total. The normalized spacial score (nSPS) is 20.9. The third-order valence-corrected chi connectivity index (χ3v) is 5.35. The summed E-state index contributed by atoms with van der Waals surface area (Å²) in [5.74, 6) is 0.0708. The van der Waals surface area contributed by atoms with E-state index in [1.54, 1.807) is 11.2 Å². The van der Waals surface area contributed by atoms with E-state index in [2.05, 4.69) is 10.3 Å². The SMILES string of the molecule is Cc1ncn(CCNC(=O)N2CCC[C@@H](C(=O)N3CCOCC3)C2)c1C. The Morgan fingerprint density at radius 2 is 2.00 bits per heavy atom. The first kappa shape index (κ1) is 18.7. The van der Waals surface area contributed by atoms with Crippen molar-refractivity contribution in [2.75, 3.05) is 45.9 Å². The zero-order chi connectivity index (χ0) is 18.5. The first-order chi connectivity index (χ1) is 12.6. The lowest BCUT2D eigenvalue weighted by Crippen LogP contribution is -2.51. The van der Waals surface area contributed by atoms with Crippen molar-refractivity contribution < 1.29 is 14.3 Å². The molecule has 3 rings (SSSR count). The van der Waals surface area contributed by atoms with Crippen LogP contribution in [-0.2, 0) is 16.1 Å². The Morgan fingerprint density at radius 3 is 2.69 bits per heavy atom. The molecule has 2 aliphatic heterocycles. The molecule has 0 saturated carbocycles. The highest BCUT2D eigenvalue weighted by Crippen LogP contribution is 2.19. The second-order valence-corrected chi connectivity index (χ2v) is 7.06. The number of piperidine rings is 1. The number of hydrogen-bond donors (Lipinski definition) is 1. The van der Waals surface area contributed by atoms with Crippen LogP contribution in [0.5, 0.6) is 0 Å². The van der Waals surface area contributed by atoms with Crippen LogP contribution in [0.25, 0.3) is 0 Å². The molecule has 1 N–H and O–H groups in total. The van der Waals surface area contributed by atoms with Gasteiger partial charge >= 0.3 is 6.03 Å². The zero-order valence-electron chi connectivity index (χ0n) is 15.7. The van der Waals surface area contributed by atoms with Crippen LogP contribution in [0.3, 0.4) is 0 Å². The Balaban J connectivity index is 1.46. The van der Waals surface area contributed by atoms with Crippen LogP contribution in [-0.4, -0.2) is 77.2 Å². The standard InChI is InChI=1S/C18H29N5O3/c1-14-15(2)23(13-20-14)7-5-19-18(25)22-6-3-4-16(12-22)17(24)21-8-10-26-11-9-21/h13,16H,3-12H2,1-2H3,(H,19,25)/t16-/m1/s1. The molecule has 0 bridgehead atoms. The number of ether oxygens (including phenoxy) is 1. The van der Waals surface area contributed by atoms with Gasteiger partial charge in [-0.1, -0.05) is 0 Å². The fourth-order valence-electron chi connectivity index (χ4n) is 3.57. The minimum absolute atomic E-state index is 0.0843. The van der Waals surface area contributed by atoms with Crippen LogP contribution >= 0.6 is 0 Å². The minimum atomic E-state index is -0.0915. The van der Waals surface area contributed by atoms with Crippen LogP contribution in [0.2, 0.25) is 0 Å². The van der Waals surface area contributed by atoms with Crippen LogP contribution in [0.15, 0.2) is 6.33 Å². The summed E-state index contributed by atoms with van der Waals surface area (Å²) in [5.41, 5.74) is 2.13. The molecule has 0 aromatic carbocycles. The number of morpholine rings is 1. The van der Waals surface area contributed by atoms with Crippen molar-refractivity contribution in [3.8, 4) is 0 Å². The largest absolute Gasteiger partial charge is 0.378 e. The highest BCUT2D eigenvalue weighted by Gasteiger charge is 2.31. The molecule has 3 heterocycles. The molecule has 2 aliphatic rings. The molecule has 2 fully saturated rings. The molecule has 0 unspecified atom stereocenters. The van der Waals surface area contributed by atoms with Crippen molar-refractivity contribution in [1.29, 1.82) is 0 Å².